The molecule has 0 aliphatic carbocycles. The molecular formula is C14H15NO2. The van der Waals surface area contributed by atoms with Gasteiger partial charge in [-0.3, -0.25) is 10.1 Å². The molecule has 2 rings (SSSR count). The van der Waals surface area contributed by atoms with Crippen molar-refractivity contribution in [3.8, 4) is 11.8 Å². The first kappa shape index (κ1) is 11.7. The summed E-state index contributed by atoms with van der Waals surface area (Å²) < 4.78 is 0. The van der Waals surface area contributed by atoms with E-state index in [0.29, 0.717) is 6.42 Å². The van der Waals surface area contributed by atoms with Crippen molar-refractivity contribution in [2.24, 2.45) is 0 Å². The maximum absolute atomic E-state index is 10.9. The van der Waals surface area contributed by atoms with Crippen LogP contribution in [0.4, 0.5) is 0 Å². The predicted molar refractivity (Wildman–Crippen MR) is 65.5 cm³/mol. The van der Waals surface area contributed by atoms with E-state index < -0.39 is 12.0 Å². The van der Waals surface area contributed by atoms with Gasteiger partial charge in [-0.15, -0.1) is 0 Å². The monoisotopic (exact) mass is 229 g/mol. The fourth-order valence-electron chi connectivity index (χ4n) is 1.94. The molecule has 0 unspecified atom stereocenters. The topological polar surface area (TPSA) is 49.3 Å². The van der Waals surface area contributed by atoms with Gasteiger partial charge in [-0.25, -0.2) is 0 Å². The maximum Gasteiger partial charge on any atom is 0.320 e. The molecule has 1 aliphatic rings. The molecule has 2 N–H and O–H groups in total. The molecule has 3 nitrogen and oxygen atoms in total. The van der Waals surface area contributed by atoms with E-state index in [0.717, 1.165) is 18.4 Å². The summed E-state index contributed by atoms with van der Waals surface area (Å²) in [6.07, 6.45) is 2.53. The highest BCUT2D eigenvalue weighted by atomic mass is 16.4. The second kappa shape index (κ2) is 5.51. The van der Waals surface area contributed by atoms with Gasteiger partial charge >= 0.3 is 5.97 Å². The second-order valence-electron chi connectivity index (χ2n) is 4.18. The summed E-state index contributed by atoms with van der Waals surface area (Å²) in [5.41, 5.74) is 0.965. The van der Waals surface area contributed by atoms with Crippen LogP contribution in [0.15, 0.2) is 30.3 Å². The van der Waals surface area contributed by atoms with Crippen molar-refractivity contribution in [3.05, 3.63) is 35.9 Å². The minimum atomic E-state index is -0.781. The average molecular weight is 229 g/mol. The van der Waals surface area contributed by atoms with Crippen LogP contribution in [0.1, 0.15) is 24.8 Å². The van der Waals surface area contributed by atoms with E-state index in [4.69, 9.17) is 5.11 Å². The lowest BCUT2D eigenvalue weighted by molar-refractivity contribution is -0.140. The first-order valence-corrected chi connectivity index (χ1v) is 5.81. The lowest BCUT2D eigenvalue weighted by Crippen LogP contribution is -2.46. The summed E-state index contributed by atoms with van der Waals surface area (Å²) >= 11 is 0. The Labute approximate surface area is 101 Å². The van der Waals surface area contributed by atoms with Crippen LogP contribution in [0.2, 0.25) is 0 Å². The van der Waals surface area contributed by atoms with Crippen LogP contribution in [0.25, 0.3) is 0 Å². The van der Waals surface area contributed by atoms with Crippen LogP contribution in [0.3, 0.4) is 0 Å². The largest absolute Gasteiger partial charge is 0.480 e. The molecule has 1 saturated heterocycles. The van der Waals surface area contributed by atoms with Crippen molar-refractivity contribution in [1.29, 1.82) is 0 Å². The molecule has 0 aromatic heterocycles. The highest BCUT2D eigenvalue weighted by molar-refractivity contribution is 5.73. The van der Waals surface area contributed by atoms with Crippen LogP contribution >= 0.6 is 0 Å². The van der Waals surface area contributed by atoms with Crippen LogP contribution in [0.5, 0.6) is 0 Å². The number of carboxylic acids is 1. The predicted octanol–water partition coefficient (Wildman–Crippen LogP) is 1.63. The Balaban J connectivity index is 2.00. The molecule has 2 atom stereocenters. The molecular weight excluding hydrogens is 214 g/mol. The fourth-order valence-corrected chi connectivity index (χ4v) is 1.94. The third-order valence-corrected chi connectivity index (χ3v) is 2.85. The standard InChI is InChI=1S/C14H15NO2/c16-14(17)13-8-4-7-12(15-13)10-9-11-5-2-1-3-6-11/h1-3,5-6,12-13,15H,4,7-8H2,(H,16,17)/t12-,13+/m0/s1. The molecule has 0 spiro atoms. The molecule has 1 fully saturated rings. The highest BCUT2D eigenvalue weighted by Gasteiger charge is 2.24. The van der Waals surface area contributed by atoms with Gasteiger partial charge in [-0.2, -0.15) is 0 Å². The third-order valence-electron chi connectivity index (χ3n) is 2.85. The van der Waals surface area contributed by atoms with Gasteiger partial charge in [0.1, 0.15) is 6.04 Å². The first-order valence-electron chi connectivity index (χ1n) is 5.81. The lowest BCUT2D eigenvalue weighted by Gasteiger charge is -2.24. The lowest BCUT2D eigenvalue weighted by atomic mass is 9.99. The Kier molecular flexibility index (Phi) is 3.79. The van der Waals surface area contributed by atoms with E-state index >= 15 is 0 Å². The van der Waals surface area contributed by atoms with Crippen LogP contribution in [-0.4, -0.2) is 23.2 Å². The zero-order valence-corrected chi connectivity index (χ0v) is 9.52. The normalized spacial score (nSPS) is 23.5. The van der Waals surface area contributed by atoms with Gasteiger partial charge in [0.15, 0.2) is 0 Å². The van der Waals surface area contributed by atoms with Crippen molar-refractivity contribution in [3.63, 3.8) is 0 Å². The Bertz CT molecular complexity index is 444. The Morgan fingerprint density at radius 3 is 2.76 bits per heavy atom. The van der Waals surface area contributed by atoms with Gasteiger partial charge < -0.3 is 5.11 Å². The second-order valence-corrected chi connectivity index (χ2v) is 4.18. The summed E-state index contributed by atoms with van der Waals surface area (Å²) in [5, 5.41) is 12.0. The molecule has 0 saturated carbocycles. The van der Waals surface area contributed by atoms with Crippen molar-refractivity contribution in [2.75, 3.05) is 0 Å². The van der Waals surface area contributed by atoms with E-state index in [1.54, 1.807) is 0 Å². The number of aliphatic carboxylic acids is 1. The third kappa shape index (κ3) is 3.33. The van der Waals surface area contributed by atoms with Crippen molar-refractivity contribution in [2.45, 2.75) is 31.3 Å². The van der Waals surface area contributed by atoms with E-state index in [9.17, 15) is 4.79 Å². The number of rotatable bonds is 1. The zero-order chi connectivity index (χ0) is 12.1. The molecule has 17 heavy (non-hydrogen) atoms. The van der Waals surface area contributed by atoms with E-state index in [-0.39, 0.29) is 6.04 Å². The molecule has 3 heteroatoms. The SMILES string of the molecule is O=C(O)[C@H]1CCC[C@@H](C#Cc2ccccc2)N1. The molecule has 1 aromatic carbocycles. The molecule has 0 bridgehead atoms. The van der Waals surface area contributed by atoms with E-state index in [1.807, 2.05) is 30.3 Å². The smallest absolute Gasteiger partial charge is 0.320 e. The Morgan fingerprint density at radius 1 is 1.29 bits per heavy atom. The van der Waals surface area contributed by atoms with E-state index in [1.165, 1.54) is 0 Å². The average Bonchev–Trinajstić information content (AvgIpc) is 2.38. The molecule has 1 aromatic rings. The highest BCUT2D eigenvalue weighted by Crippen LogP contribution is 2.12. The number of nitrogens with one attached hydrogen (secondary N) is 1. The Hall–Kier alpha value is -1.79. The zero-order valence-electron chi connectivity index (χ0n) is 9.52. The maximum atomic E-state index is 10.9. The number of carboxylic acid groups (broad SMARTS) is 1. The van der Waals surface area contributed by atoms with Crippen molar-refractivity contribution >= 4 is 5.97 Å². The minimum absolute atomic E-state index is 0.00921. The van der Waals surface area contributed by atoms with Crippen LogP contribution < -0.4 is 5.32 Å². The van der Waals surface area contributed by atoms with Gasteiger partial charge in [0, 0.05) is 5.56 Å². The molecule has 0 radical (unpaired) electrons. The summed E-state index contributed by atoms with van der Waals surface area (Å²) in [5.74, 6) is 5.39. The van der Waals surface area contributed by atoms with Gasteiger partial charge in [0.2, 0.25) is 0 Å². The molecule has 1 aliphatic heterocycles. The van der Waals surface area contributed by atoms with Gasteiger partial charge in [0.25, 0.3) is 0 Å². The summed E-state index contributed by atoms with van der Waals surface area (Å²) in [6.45, 7) is 0. The summed E-state index contributed by atoms with van der Waals surface area (Å²) in [6, 6.07) is 9.28. The number of benzene rings is 1. The van der Waals surface area contributed by atoms with E-state index in [2.05, 4.69) is 17.2 Å². The summed E-state index contributed by atoms with van der Waals surface area (Å²) in [7, 11) is 0. The quantitative estimate of drug-likeness (QED) is 0.720. The van der Waals surface area contributed by atoms with Gasteiger partial charge in [-0.05, 0) is 31.4 Å². The van der Waals surface area contributed by atoms with Crippen LogP contribution in [-0.2, 0) is 4.79 Å². The van der Waals surface area contributed by atoms with Gasteiger partial charge in [0.05, 0.1) is 6.04 Å². The van der Waals surface area contributed by atoms with Crippen LogP contribution in [0, 0.1) is 11.8 Å². The summed E-state index contributed by atoms with van der Waals surface area (Å²) in [4.78, 5) is 10.9. The minimum Gasteiger partial charge on any atom is -0.480 e. The van der Waals surface area contributed by atoms with Crippen molar-refractivity contribution < 1.29 is 9.90 Å². The molecule has 88 valence electrons. The number of piperidine rings is 1. The number of hydrogen-bond acceptors (Lipinski definition) is 2. The number of hydrogen-bond donors (Lipinski definition) is 2. The first-order chi connectivity index (χ1) is 8.25. The molecule has 0 amide bonds. The molecule has 1 heterocycles. The number of carbonyl (C=O) groups is 1. The fraction of sp³-hybridized carbons (Fsp3) is 0.357. The van der Waals surface area contributed by atoms with Crippen molar-refractivity contribution in [1.82, 2.24) is 5.32 Å². The van der Waals surface area contributed by atoms with Gasteiger partial charge in [-0.1, -0.05) is 30.0 Å². The Morgan fingerprint density at radius 2 is 2.06 bits per heavy atom.